The molecule has 0 aliphatic heterocycles. The van der Waals surface area contributed by atoms with Crippen molar-refractivity contribution in [3.8, 4) is 0 Å². The van der Waals surface area contributed by atoms with Crippen molar-refractivity contribution in [2.24, 2.45) is 0 Å². The highest BCUT2D eigenvalue weighted by Crippen LogP contribution is 2.15. The zero-order chi connectivity index (χ0) is 17.7. The van der Waals surface area contributed by atoms with Crippen LogP contribution >= 0.6 is 0 Å². The minimum Gasteiger partial charge on any atom is -0.443 e. The monoisotopic (exact) mass is 323 g/mol. The molecule has 0 bridgehead atoms. The molecule has 0 heterocycles. The number of amides is 2. The highest BCUT2D eigenvalue weighted by Gasteiger charge is 2.24. The van der Waals surface area contributed by atoms with Gasteiger partial charge in [0.15, 0.2) is 0 Å². The number of carbonyl (C=O) groups excluding carboxylic acids is 2. The number of ether oxygens (including phenoxy) is 2. The Morgan fingerprint density at radius 3 is 1.91 bits per heavy atom. The lowest BCUT2D eigenvalue weighted by Crippen LogP contribution is -2.54. The number of benzene rings is 1. The van der Waals surface area contributed by atoms with Crippen LogP contribution in [0.4, 0.5) is 15.3 Å². The Labute approximate surface area is 136 Å². The van der Waals surface area contributed by atoms with E-state index in [4.69, 9.17) is 9.47 Å². The van der Waals surface area contributed by atoms with Crippen LogP contribution in [0.5, 0.6) is 0 Å². The molecule has 0 spiro atoms. The Hall–Kier alpha value is -2.28. The number of rotatable bonds is 3. The molecule has 23 heavy (non-hydrogen) atoms. The summed E-state index contributed by atoms with van der Waals surface area (Å²) in [4.78, 5) is 24.0. The predicted octanol–water partition coefficient (Wildman–Crippen LogP) is 3.37. The summed E-state index contributed by atoms with van der Waals surface area (Å²) in [5, 5.41) is 1.09. The second-order valence-corrected chi connectivity index (χ2v) is 6.89. The van der Waals surface area contributed by atoms with Gasteiger partial charge in [0.25, 0.3) is 0 Å². The standard InChI is InChI=1S/C16H25N3O4/c1-15(2,3)22-13(20)17-18-19(12-10-8-7-9-11-12)14(21)23-16(4,5)6/h7-11,18H,1-6H3,(H,17,20). The lowest BCUT2D eigenvalue weighted by molar-refractivity contribution is 0.0459. The van der Waals surface area contributed by atoms with Crippen molar-refractivity contribution in [1.82, 2.24) is 11.0 Å². The van der Waals surface area contributed by atoms with Crippen LogP contribution in [0.3, 0.4) is 0 Å². The van der Waals surface area contributed by atoms with E-state index >= 15 is 0 Å². The molecule has 1 aromatic rings. The third-order valence-electron chi connectivity index (χ3n) is 2.26. The van der Waals surface area contributed by atoms with Gasteiger partial charge in [-0.25, -0.2) is 15.0 Å². The molecule has 0 aliphatic rings. The summed E-state index contributed by atoms with van der Waals surface area (Å²) in [6, 6.07) is 8.75. The first kappa shape index (κ1) is 18.8. The summed E-state index contributed by atoms with van der Waals surface area (Å²) >= 11 is 0. The van der Waals surface area contributed by atoms with Gasteiger partial charge in [-0.1, -0.05) is 18.2 Å². The Balaban J connectivity index is 2.81. The Bertz CT molecular complexity index is 532. The molecule has 7 nitrogen and oxygen atoms in total. The number of nitrogens with one attached hydrogen (secondary N) is 2. The van der Waals surface area contributed by atoms with E-state index in [2.05, 4.69) is 11.0 Å². The van der Waals surface area contributed by atoms with E-state index in [0.717, 1.165) is 5.01 Å². The fourth-order valence-electron chi connectivity index (χ4n) is 1.51. The van der Waals surface area contributed by atoms with Crippen molar-refractivity contribution in [1.29, 1.82) is 0 Å². The molecule has 0 aliphatic carbocycles. The van der Waals surface area contributed by atoms with Crippen molar-refractivity contribution in [2.75, 3.05) is 5.01 Å². The summed E-state index contributed by atoms with van der Waals surface area (Å²) in [6.07, 6.45) is -1.36. The summed E-state index contributed by atoms with van der Waals surface area (Å²) in [5.41, 5.74) is 4.03. The van der Waals surface area contributed by atoms with E-state index in [0.29, 0.717) is 5.69 Å². The first-order valence-electron chi connectivity index (χ1n) is 7.31. The zero-order valence-electron chi connectivity index (χ0n) is 14.5. The lowest BCUT2D eigenvalue weighted by atomic mass is 10.2. The minimum atomic E-state index is -0.706. The highest BCUT2D eigenvalue weighted by atomic mass is 16.6. The van der Waals surface area contributed by atoms with Crippen LogP contribution in [0.15, 0.2) is 30.3 Å². The number of hydrazine groups is 2. The summed E-state index contributed by atoms with van der Waals surface area (Å²) in [6.45, 7) is 10.5. The average molecular weight is 323 g/mol. The van der Waals surface area contributed by atoms with Crippen LogP contribution in [0.25, 0.3) is 0 Å². The summed E-state index contributed by atoms with van der Waals surface area (Å²) in [5.74, 6) is 0. The molecular weight excluding hydrogens is 298 g/mol. The van der Waals surface area contributed by atoms with Crippen molar-refractivity contribution in [3.63, 3.8) is 0 Å². The third kappa shape index (κ3) is 7.51. The van der Waals surface area contributed by atoms with E-state index in [-0.39, 0.29) is 0 Å². The normalized spacial score (nSPS) is 11.6. The van der Waals surface area contributed by atoms with Gasteiger partial charge in [0, 0.05) is 0 Å². The van der Waals surface area contributed by atoms with Crippen molar-refractivity contribution in [3.05, 3.63) is 30.3 Å². The van der Waals surface area contributed by atoms with Crippen LogP contribution < -0.4 is 16.0 Å². The molecule has 0 fully saturated rings. The molecule has 1 rings (SSSR count). The molecule has 0 saturated heterocycles. The summed E-state index contributed by atoms with van der Waals surface area (Å²) < 4.78 is 10.4. The number of carbonyl (C=O) groups is 2. The molecule has 0 atom stereocenters. The molecule has 0 unspecified atom stereocenters. The van der Waals surface area contributed by atoms with Gasteiger partial charge in [-0.15, -0.1) is 5.53 Å². The molecule has 2 N–H and O–H groups in total. The number of nitrogens with zero attached hydrogens (tertiary/aromatic N) is 1. The molecule has 1 aromatic carbocycles. The summed E-state index contributed by atoms with van der Waals surface area (Å²) in [7, 11) is 0. The van der Waals surface area contributed by atoms with Gasteiger partial charge in [0.2, 0.25) is 0 Å². The maximum Gasteiger partial charge on any atom is 0.431 e. The quantitative estimate of drug-likeness (QED) is 0.834. The molecule has 0 aromatic heterocycles. The van der Waals surface area contributed by atoms with Crippen LogP contribution in [0, 0.1) is 0 Å². The average Bonchev–Trinajstić information content (AvgIpc) is 2.35. The first-order valence-corrected chi connectivity index (χ1v) is 7.31. The second-order valence-electron chi connectivity index (χ2n) is 6.89. The van der Waals surface area contributed by atoms with Gasteiger partial charge >= 0.3 is 12.2 Å². The van der Waals surface area contributed by atoms with Gasteiger partial charge in [-0.2, -0.15) is 5.01 Å². The van der Waals surface area contributed by atoms with Crippen molar-refractivity contribution in [2.45, 2.75) is 52.7 Å². The van der Waals surface area contributed by atoms with E-state index in [1.54, 1.807) is 65.8 Å². The second kappa shape index (κ2) is 7.32. The molecule has 0 radical (unpaired) electrons. The fourth-order valence-corrected chi connectivity index (χ4v) is 1.51. The van der Waals surface area contributed by atoms with Gasteiger partial charge < -0.3 is 9.47 Å². The molecule has 128 valence electrons. The van der Waals surface area contributed by atoms with Crippen LogP contribution in [-0.2, 0) is 9.47 Å². The minimum absolute atomic E-state index is 0.512. The van der Waals surface area contributed by atoms with E-state index < -0.39 is 23.4 Å². The smallest absolute Gasteiger partial charge is 0.431 e. The van der Waals surface area contributed by atoms with Gasteiger partial charge in [-0.05, 0) is 53.7 Å². The lowest BCUT2D eigenvalue weighted by Gasteiger charge is -2.28. The Morgan fingerprint density at radius 2 is 1.43 bits per heavy atom. The van der Waals surface area contributed by atoms with Crippen LogP contribution in [0.1, 0.15) is 41.5 Å². The van der Waals surface area contributed by atoms with Gasteiger partial charge in [0.05, 0.1) is 5.69 Å². The third-order valence-corrected chi connectivity index (χ3v) is 2.26. The zero-order valence-corrected chi connectivity index (χ0v) is 14.5. The van der Waals surface area contributed by atoms with E-state index in [9.17, 15) is 9.59 Å². The topological polar surface area (TPSA) is 79.9 Å². The SMILES string of the molecule is CC(C)(C)OC(=O)NNN(C(=O)OC(C)(C)C)c1ccccc1. The maximum atomic E-state index is 12.3. The molecule has 7 heteroatoms. The number of para-hydroxylation sites is 1. The fraction of sp³-hybridized carbons (Fsp3) is 0.500. The van der Waals surface area contributed by atoms with Crippen LogP contribution in [-0.4, -0.2) is 23.4 Å². The van der Waals surface area contributed by atoms with E-state index in [1.165, 1.54) is 0 Å². The Morgan fingerprint density at radius 1 is 0.913 bits per heavy atom. The van der Waals surface area contributed by atoms with Gasteiger partial charge in [-0.3, -0.25) is 0 Å². The van der Waals surface area contributed by atoms with Crippen molar-refractivity contribution >= 4 is 17.9 Å². The predicted molar refractivity (Wildman–Crippen MR) is 87.7 cm³/mol. The van der Waals surface area contributed by atoms with E-state index in [1.807, 2.05) is 6.07 Å². The molecule has 2 amide bonds. The molecular formula is C16H25N3O4. The number of hydrogen-bond acceptors (Lipinski definition) is 5. The highest BCUT2D eigenvalue weighted by molar-refractivity contribution is 5.87. The van der Waals surface area contributed by atoms with Crippen molar-refractivity contribution < 1.29 is 19.1 Å². The first-order chi connectivity index (χ1) is 10.5. The Kier molecular flexibility index (Phi) is 5.98. The maximum absolute atomic E-state index is 12.3. The largest absolute Gasteiger partial charge is 0.443 e. The van der Waals surface area contributed by atoms with Gasteiger partial charge in [0.1, 0.15) is 11.2 Å². The molecule has 0 saturated carbocycles. The number of hydrogen-bond donors (Lipinski definition) is 2. The van der Waals surface area contributed by atoms with Crippen LogP contribution in [0.2, 0.25) is 0 Å². The number of anilines is 1.